The summed E-state index contributed by atoms with van der Waals surface area (Å²) >= 11 is 0. The van der Waals surface area contributed by atoms with Crippen LogP contribution in [0.25, 0.3) is 11.0 Å². The average Bonchev–Trinajstić information content (AvgIpc) is 2.83. The Bertz CT molecular complexity index is 817. The maximum absolute atomic E-state index is 12.7. The van der Waals surface area contributed by atoms with Crippen molar-refractivity contribution in [1.29, 1.82) is 0 Å². The van der Waals surface area contributed by atoms with Crippen LogP contribution in [0.5, 0.6) is 0 Å². The monoisotopic (exact) mass is 304 g/mol. The van der Waals surface area contributed by atoms with Gasteiger partial charge in [0.05, 0.1) is 5.56 Å². The number of carbonyl (C=O) groups excluding carboxylic acids is 1. The van der Waals surface area contributed by atoms with E-state index in [4.69, 9.17) is 4.42 Å². The van der Waals surface area contributed by atoms with E-state index in [1.54, 1.807) is 54.6 Å². The fourth-order valence-electron chi connectivity index (χ4n) is 2.39. The van der Waals surface area contributed by atoms with Crippen molar-refractivity contribution in [2.75, 3.05) is 0 Å². The third kappa shape index (κ3) is 2.74. The molecular weight excluding hydrogens is 293 g/mol. The minimum atomic E-state index is -4.44. The van der Waals surface area contributed by atoms with Crippen LogP contribution >= 0.6 is 0 Å². The van der Waals surface area contributed by atoms with Gasteiger partial charge >= 0.3 is 6.18 Å². The number of furan rings is 1. The number of fused-ring (bicyclic) bond motifs is 1. The molecule has 2 aromatic carbocycles. The summed E-state index contributed by atoms with van der Waals surface area (Å²) in [7, 11) is 0. The van der Waals surface area contributed by atoms with Crippen molar-refractivity contribution >= 4 is 16.8 Å². The van der Waals surface area contributed by atoms with Crippen molar-refractivity contribution in [3.63, 3.8) is 0 Å². The fraction of sp³-hybridized carbons (Fsp3) is 0.118. The molecule has 0 spiro atoms. The summed E-state index contributed by atoms with van der Waals surface area (Å²) in [6.07, 6.45) is -5.71. The maximum Gasteiger partial charge on any atom is 0.396 e. The predicted molar refractivity (Wildman–Crippen MR) is 75.8 cm³/mol. The zero-order chi connectivity index (χ0) is 15.7. The summed E-state index contributed by atoms with van der Waals surface area (Å²) in [5.74, 6) is -0.813. The van der Waals surface area contributed by atoms with E-state index < -0.39 is 18.4 Å². The second-order valence-electron chi connectivity index (χ2n) is 4.88. The van der Waals surface area contributed by atoms with Gasteiger partial charge in [0.15, 0.2) is 5.78 Å². The summed E-state index contributed by atoms with van der Waals surface area (Å²) < 4.78 is 43.5. The van der Waals surface area contributed by atoms with Crippen molar-refractivity contribution in [2.24, 2.45) is 0 Å². The highest BCUT2D eigenvalue weighted by molar-refractivity contribution is 6.16. The Morgan fingerprint density at radius 1 is 0.955 bits per heavy atom. The fourth-order valence-corrected chi connectivity index (χ4v) is 2.39. The number of para-hydroxylation sites is 1. The molecule has 0 aliphatic rings. The van der Waals surface area contributed by atoms with Crippen LogP contribution in [-0.2, 0) is 6.42 Å². The van der Waals surface area contributed by atoms with Crippen molar-refractivity contribution in [1.82, 2.24) is 0 Å². The second-order valence-corrected chi connectivity index (χ2v) is 4.88. The number of benzene rings is 2. The molecule has 5 heteroatoms. The van der Waals surface area contributed by atoms with Gasteiger partial charge in [0.1, 0.15) is 17.8 Å². The summed E-state index contributed by atoms with van der Waals surface area (Å²) in [5.41, 5.74) is 0.595. The largest absolute Gasteiger partial charge is 0.460 e. The third-order valence-electron chi connectivity index (χ3n) is 3.29. The average molecular weight is 304 g/mol. The van der Waals surface area contributed by atoms with Crippen molar-refractivity contribution in [3.05, 3.63) is 71.5 Å². The van der Waals surface area contributed by atoms with E-state index >= 15 is 0 Å². The first-order valence-corrected chi connectivity index (χ1v) is 6.62. The molecule has 0 aliphatic carbocycles. The Balaban J connectivity index is 2.18. The number of rotatable bonds is 3. The normalized spacial score (nSPS) is 11.8. The highest BCUT2D eigenvalue weighted by Crippen LogP contribution is 2.32. The first-order valence-electron chi connectivity index (χ1n) is 6.62. The number of ketones is 1. The van der Waals surface area contributed by atoms with Crippen LogP contribution in [-0.4, -0.2) is 12.0 Å². The third-order valence-corrected chi connectivity index (χ3v) is 3.29. The van der Waals surface area contributed by atoms with Crippen LogP contribution in [0.15, 0.2) is 59.0 Å². The zero-order valence-electron chi connectivity index (χ0n) is 11.4. The van der Waals surface area contributed by atoms with Gasteiger partial charge in [-0.2, -0.15) is 13.2 Å². The summed E-state index contributed by atoms with van der Waals surface area (Å²) in [6.45, 7) is 0. The van der Waals surface area contributed by atoms with Crippen LogP contribution in [0.2, 0.25) is 0 Å². The summed E-state index contributed by atoms with van der Waals surface area (Å²) in [4.78, 5) is 12.6. The molecule has 112 valence electrons. The number of hydrogen-bond acceptors (Lipinski definition) is 2. The molecule has 0 N–H and O–H groups in total. The van der Waals surface area contributed by atoms with Gasteiger partial charge in [-0.05, 0) is 6.07 Å². The quantitative estimate of drug-likeness (QED) is 0.652. The lowest BCUT2D eigenvalue weighted by Crippen LogP contribution is -2.14. The van der Waals surface area contributed by atoms with E-state index in [0.717, 1.165) is 0 Å². The molecule has 0 atom stereocenters. The molecule has 2 nitrogen and oxygen atoms in total. The van der Waals surface area contributed by atoms with E-state index in [1.165, 1.54) is 0 Å². The van der Waals surface area contributed by atoms with Crippen LogP contribution in [0.4, 0.5) is 13.2 Å². The van der Waals surface area contributed by atoms with E-state index in [-0.39, 0.29) is 16.9 Å². The molecule has 3 rings (SSSR count). The first kappa shape index (κ1) is 14.4. The molecule has 3 aromatic rings. The Morgan fingerprint density at radius 3 is 2.27 bits per heavy atom. The topological polar surface area (TPSA) is 30.2 Å². The highest BCUT2D eigenvalue weighted by atomic mass is 19.4. The number of halogens is 3. The van der Waals surface area contributed by atoms with Crippen LogP contribution in [0.3, 0.4) is 0 Å². The molecule has 0 amide bonds. The van der Waals surface area contributed by atoms with Gasteiger partial charge in [0.25, 0.3) is 0 Å². The van der Waals surface area contributed by atoms with Gasteiger partial charge < -0.3 is 4.42 Å². The van der Waals surface area contributed by atoms with Gasteiger partial charge in [0.2, 0.25) is 0 Å². The van der Waals surface area contributed by atoms with E-state index in [1.807, 2.05) is 0 Å². The second kappa shape index (κ2) is 5.33. The minimum absolute atomic E-state index is 0.0147. The van der Waals surface area contributed by atoms with Gasteiger partial charge in [-0.1, -0.05) is 48.5 Å². The standard InChI is InChI=1S/C17H11F3O2/c18-17(19,20)10-14-15(12-8-4-5-9-13(12)22-14)16(21)11-6-2-1-3-7-11/h1-9H,10H2. The Hall–Kier alpha value is -2.56. The minimum Gasteiger partial charge on any atom is -0.460 e. The predicted octanol–water partition coefficient (Wildman–Crippen LogP) is 4.77. The van der Waals surface area contributed by atoms with Crippen LogP contribution in [0.1, 0.15) is 21.7 Å². The van der Waals surface area contributed by atoms with Gasteiger partial charge in [0, 0.05) is 10.9 Å². The molecule has 1 heterocycles. The number of alkyl halides is 3. The van der Waals surface area contributed by atoms with E-state index in [2.05, 4.69) is 0 Å². The SMILES string of the molecule is O=C(c1ccccc1)c1c(CC(F)(F)F)oc2ccccc12. The highest BCUT2D eigenvalue weighted by Gasteiger charge is 2.33. The number of hydrogen-bond donors (Lipinski definition) is 0. The Morgan fingerprint density at radius 2 is 1.59 bits per heavy atom. The molecule has 0 bridgehead atoms. The molecule has 0 radical (unpaired) electrons. The lowest BCUT2D eigenvalue weighted by Gasteiger charge is -2.06. The summed E-state index contributed by atoms with van der Waals surface area (Å²) in [6, 6.07) is 14.7. The molecule has 0 saturated heterocycles. The lowest BCUT2D eigenvalue weighted by atomic mass is 9.99. The van der Waals surface area contributed by atoms with Crippen molar-refractivity contribution in [2.45, 2.75) is 12.6 Å². The molecule has 0 fully saturated rings. The van der Waals surface area contributed by atoms with Crippen LogP contribution in [0, 0.1) is 0 Å². The molecular formula is C17H11F3O2. The van der Waals surface area contributed by atoms with E-state index in [0.29, 0.717) is 10.9 Å². The number of carbonyl (C=O) groups is 1. The Labute approximate surface area is 124 Å². The lowest BCUT2D eigenvalue weighted by molar-refractivity contribution is -0.129. The van der Waals surface area contributed by atoms with Gasteiger partial charge in [-0.3, -0.25) is 4.79 Å². The van der Waals surface area contributed by atoms with Crippen LogP contribution < -0.4 is 0 Å². The first-order chi connectivity index (χ1) is 10.5. The van der Waals surface area contributed by atoms with Gasteiger partial charge in [-0.15, -0.1) is 0 Å². The summed E-state index contributed by atoms with van der Waals surface area (Å²) in [5, 5.41) is 0.399. The van der Waals surface area contributed by atoms with Crippen molar-refractivity contribution in [3.8, 4) is 0 Å². The van der Waals surface area contributed by atoms with Gasteiger partial charge in [-0.25, -0.2) is 0 Å². The molecule has 0 unspecified atom stereocenters. The van der Waals surface area contributed by atoms with Crippen molar-refractivity contribution < 1.29 is 22.4 Å². The molecule has 0 aliphatic heterocycles. The molecule has 0 saturated carbocycles. The molecule has 22 heavy (non-hydrogen) atoms. The van der Waals surface area contributed by atoms with E-state index in [9.17, 15) is 18.0 Å². The maximum atomic E-state index is 12.7. The Kier molecular flexibility index (Phi) is 3.48. The smallest absolute Gasteiger partial charge is 0.396 e. The molecule has 1 aromatic heterocycles. The zero-order valence-corrected chi connectivity index (χ0v) is 11.4.